The molecular formula is C13H19NO4. The van der Waals surface area contributed by atoms with Gasteiger partial charge in [-0.05, 0) is 24.6 Å². The van der Waals surface area contributed by atoms with Crippen LogP contribution in [0.15, 0.2) is 28.9 Å². The van der Waals surface area contributed by atoms with Gasteiger partial charge in [0.1, 0.15) is 5.76 Å². The minimum atomic E-state index is -0.136. The molecule has 0 unspecified atom stereocenters. The van der Waals surface area contributed by atoms with Crippen LogP contribution in [0.1, 0.15) is 12.2 Å². The van der Waals surface area contributed by atoms with Crippen molar-refractivity contribution in [1.29, 1.82) is 0 Å². The Kier molecular flexibility index (Phi) is 7.59. The maximum absolute atomic E-state index is 11.4. The lowest BCUT2D eigenvalue weighted by atomic mass is 10.3. The molecule has 0 aliphatic heterocycles. The number of hydrogen-bond donors (Lipinski definition) is 1. The number of carbonyl (C=O) groups is 1. The summed E-state index contributed by atoms with van der Waals surface area (Å²) < 4.78 is 15.2. The zero-order chi connectivity index (χ0) is 13.1. The van der Waals surface area contributed by atoms with Gasteiger partial charge in [-0.3, -0.25) is 4.79 Å². The topological polar surface area (TPSA) is 60.7 Å². The number of nitrogens with one attached hydrogen (secondary N) is 1. The van der Waals surface area contributed by atoms with Gasteiger partial charge in [0.25, 0.3) is 0 Å². The second-order valence-electron chi connectivity index (χ2n) is 3.60. The SMILES string of the molecule is COCCOCCCNC(=O)/C=C/c1ccco1. The average Bonchev–Trinajstić information content (AvgIpc) is 2.88. The highest BCUT2D eigenvalue weighted by Gasteiger charge is 1.95. The molecule has 1 N–H and O–H groups in total. The molecule has 0 bridgehead atoms. The summed E-state index contributed by atoms with van der Waals surface area (Å²) in [7, 11) is 1.63. The van der Waals surface area contributed by atoms with Gasteiger partial charge >= 0.3 is 0 Å². The van der Waals surface area contributed by atoms with E-state index in [4.69, 9.17) is 13.9 Å². The van der Waals surface area contributed by atoms with Crippen LogP contribution in [0.3, 0.4) is 0 Å². The van der Waals surface area contributed by atoms with E-state index in [2.05, 4.69) is 5.32 Å². The molecule has 0 saturated carbocycles. The Labute approximate surface area is 107 Å². The molecule has 0 aliphatic rings. The highest BCUT2D eigenvalue weighted by atomic mass is 16.5. The van der Waals surface area contributed by atoms with Crippen molar-refractivity contribution in [2.45, 2.75) is 6.42 Å². The van der Waals surface area contributed by atoms with Gasteiger partial charge in [-0.25, -0.2) is 0 Å². The van der Waals surface area contributed by atoms with E-state index in [0.717, 1.165) is 6.42 Å². The minimum Gasteiger partial charge on any atom is -0.465 e. The van der Waals surface area contributed by atoms with E-state index >= 15 is 0 Å². The van der Waals surface area contributed by atoms with Gasteiger partial charge in [0.05, 0.1) is 19.5 Å². The molecule has 100 valence electrons. The summed E-state index contributed by atoms with van der Waals surface area (Å²) in [5.74, 6) is 0.524. The highest BCUT2D eigenvalue weighted by molar-refractivity contribution is 5.91. The minimum absolute atomic E-state index is 0.136. The van der Waals surface area contributed by atoms with Crippen molar-refractivity contribution in [1.82, 2.24) is 5.32 Å². The van der Waals surface area contributed by atoms with Gasteiger partial charge in [-0.15, -0.1) is 0 Å². The summed E-state index contributed by atoms with van der Waals surface area (Å²) in [5.41, 5.74) is 0. The highest BCUT2D eigenvalue weighted by Crippen LogP contribution is 2.01. The van der Waals surface area contributed by atoms with Crippen molar-refractivity contribution in [2.24, 2.45) is 0 Å². The Morgan fingerprint density at radius 2 is 2.33 bits per heavy atom. The zero-order valence-corrected chi connectivity index (χ0v) is 10.6. The molecule has 0 aromatic carbocycles. The molecule has 5 heteroatoms. The fraction of sp³-hybridized carbons (Fsp3) is 0.462. The van der Waals surface area contributed by atoms with Crippen LogP contribution in [-0.4, -0.2) is 39.4 Å². The Bertz CT molecular complexity index is 346. The molecule has 0 spiro atoms. The van der Waals surface area contributed by atoms with Gasteiger partial charge in [0.15, 0.2) is 0 Å². The predicted octanol–water partition coefficient (Wildman–Crippen LogP) is 1.46. The first-order valence-corrected chi connectivity index (χ1v) is 5.89. The van der Waals surface area contributed by atoms with Crippen molar-refractivity contribution in [3.8, 4) is 0 Å². The number of carbonyl (C=O) groups excluding carboxylic acids is 1. The van der Waals surface area contributed by atoms with Gasteiger partial charge in [0, 0.05) is 26.3 Å². The van der Waals surface area contributed by atoms with E-state index in [1.165, 1.54) is 6.08 Å². The molecule has 0 atom stereocenters. The van der Waals surface area contributed by atoms with Crippen LogP contribution in [0.4, 0.5) is 0 Å². The normalized spacial score (nSPS) is 10.9. The van der Waals surface area contributed by atoms with Crippen LogP contribution in [0.5, 0.6) is 0 Å². The predicted molar refractivity (Wildman–Crippen MR) is 68.1 cm³/mol. The third kappa shape index (κ3) is 6.88. The first-order chi connectivity index (χ1) is 8.83. The third-order valence-corrected chi connectivity index (χ3v) is 2.14. The monoisotopic (exact) mass is 253 g/mol. The van der Waals surface area contributed by atoms with Gasteiger partial charge < -0.3 is 19.2 Å². The Morgan fingerprint density at radius 3 is 3.06 bits per heavy atom. The molecular weight excluding hydrogens is 234 g/mol. The summed E-state index contributed by atoms with van der Waals surface area (Å²) in [6.07, 6.45) is 5.42. The Balaban J connectivity index is 2.00. The lowest BCUT2D eigenvalue weighted by Gasteiger charge is -2.03. The molecule has 5 nitrogen and oxygen atoms in total. The molecule has 0 fully saturated rings. The molecule has 0 aliphatic carbocycles. The zero-order valence-electron chi connectivity index (χ0n) is 10.6. The number of hydrogen-bond acceptors (Lipinski definition) is 4. The van der Waals surface area contributed by atoms with Crippen LogP contribution in [0, 0.1) is 0 Å². The smallest absolute Gasteiger partial charge is 0.244 e. The van der Waals surface area contributed by atoms with E-state index in [1.807, 2.05) is 0 Å². The molecule has 1 rings (SSSR count). The molecule has 0 saturated heterocycles. The van der Waals surface area contributed by atoms with Crippen molar-refractivity contribution < 1.29 is 18.7 Å². The summed E-state index contributed by atoms with van der Waals surface area (Å²) in [6, 6.07) is 3.56. The van der Waals surface area contributed by atoms with Crippen LogP contribution in [0.2, 0.25) is 0 Å². The average molecular weight is 253 g/mol. The summed E-state index contributed by atoms with van der Waals surface area (Å²) in [6.45, 7) is 2.39. The number of methoxy groups -OCH3 is 1. The summed E-state index contributed by atoms with van der Waals surface area (Å²) in [5, 5.41) is 2.76. The standard InChI is InChI=1S/C13H19NO4/c1-16-10-11-17-8-3-7-14-13(15)6-5-12-4-2-9-18-12/h2,4-6,9H,3,7-8,10-11H2,1H3,(H,14,15)/b6-5+. The fourth-order valence-corrected chi connectivity index (χ4v) is 1.23. The van der Waals surface area contributed by atoms with E-state index in [9.17, 15) is 4.79 Å². The summed E-state index contributed by atoms with van der Waals surface area (Å²) in [4.78, 5) is 11.4. The van der Waals surface area contributed by atoms with E-state index in [1.54, 1.807) is 31.6 Å². The lowest BCUT2D eigenvalue weighted by molar-refractivity contribution is -0.116. The molecule has 1 aromatic heterocycles. The quantitative estimate of drug-likeness (QED) is 0.534. The Morgan fingerprint density at radius 1 is 1.44 bits per heavy atom. The van der Waals surface area contributed by atoms with Gasteiger partial charge in [0.2, 0.25) is 5.91 Å². The number of ether oxygens (including phenoxy) is 2. The maximum Gasteiger partial charge on any atom is 0.244 e. The van der Waals surface area contributed by atoms with Crippen LogP contribution in [-0.2, 0) is 14.3 Å². The van der Waals surface area contributed by atoms with Gasteiger partial charge in [-0.2, -0.15) is 0 Å². The molecule has 0 radical (unpaired) electrons. The van der Waals surface area contributed by atoms with Crippen LogP contribution in [0.25, 0.3) is 6.08 Å². The number of rotatable bonds is 9. The summed E-state index contributed by atoms with van der Waals surface area (Å²) >= 11 is 0. The second kappa shape index (κ2) is 9.44. The molecule has 1 heterocycles. The first kappa shape index (κ1) is 14.5. The molecule has 1 aromatic rings. The van der Waals surface area contributed by atoms with Crippen molar-refractivity contribution in [3.05, 3.63) is 30.2 Å². The lowest BCUT2D eigenvalue weighted by Crippen LogP contribution is -2.23. The van der Waals surface area contributed by atoms with E-state index < -0.39 is 0 Å². The number of furan rings is 1. The Hall–Kier alpha value is -1.59. The van der Waals surface area contributed by atoms with Crippen LogP contribution < -0.4 is 5.32 Å². The molecule has 1 amide bonds. The van der Waals surface area contributed by atoms with Crippen molar-refractivity contribution >= 4 is 12.0 Å². The largest absolute Gasteiger partial charge is 0.465 e. The van der Waals surface area contributed by atoms with Crippen LogP contribution >= 0.6 is 0 Å². The molecule has 18 heavy (non-hydrogen) atoms. The first-order valence-electron chi connectivity index (χ1n) is 5.89. The maximum atomic E-state index is 11.4. The third-order valence-electron chi connectivity index (χ3n) is 2.14. The second-order valence-corrected chi connectivity index (χ2v) is 3.60. The van der Waals surface area contributed by atoms with E-state index in [-0.39, 0.29) is 5.91 Å². The fourth-order valence-electron chi connectivity index (χ4n) is 1.23. The van der Waals surface area contributed by atoms with E-state index in [0.29, 0.717) is 32.1 Å². The van der Waals surface area contributed by atoms with Crippen molar-refractivity contribution in [2.75, 3.05) is 33.5 Å². The van der Waals surface area contributed by atoms with Gasteiger partial charge in [-0.1, -0.05) is 0 Å². The van der Waals surface area contributed by atoms with Crippen molar-refractivity contribution in [3.63, 3.8) is 0 Å². The number of amides is 1.